The van der Waals surface area contributed by atoms with E-state index >= 15 is 0 Å². The third kappa shape index (κ3) is 5.26. The van der Waals surface area contributed by atoms with Gasteiger partial charge in [0.05, 0.1) is 16.4 Å². The van der Waals surface area contributed by atoms with Crippen LogP contribution in [0.1, 0.15) is 30.5 Å². The van der Waals surface area contributed by atoms with Gasteiger partial charge in [-0.25, -0.2) is 9.98 Å². The fourth-order valence-electron chi connectivity index (χ4n) is 3.81. The molecule has 4 rings (SSSR count). The van der Waals surface area contributed by atoms with Crippen molar-refractivity contribution in [1.29, 1.82) is 0 Å². The molecule has 0 radical (unpaired) electrons. The smallest absolute Gasteiger partial charge is 0.158 e. The van der Waals surface area contributed by atoms with Gasteiger partial charge < -0.3 is 15.0 Å². The van der Waals surface area contributed by atoms with Gasteiger partial charge in [0, 0.05) is 39.4 Å². The molecule has 1 N–H and O–H groups in total. The van der Waals surface area contributed by atoms with Crippen LogP contribution in [0.4, 0.5) is 16.4 Å². The number of piperazine rings is 1. The topological polar surface area (TPSA) is 53.0 Å². The van der Waals surface area contributed by atoms with Gasteiger partial charge in [0.15, 0.2) is 5.84 Å². The Morgan fingerprint density at radius 1 is 1.23 bits per heavy atom. The molecular weight excluding hydrogens is 441 g/mol. The maximum atomic E-state index is 5.33. The average molecular weight is 472 g/mol. The highest BCUT2D eigenvalue weighted by molar-refractivity contribution is 7.16. The van der Waals surface area contributed by atoms with Crippen LogP contribution in [0.15, 0.2) is 29.3 Å². The number of likely N-dealkylation sites (N-methyl/N-ethyl adjacent to an activating group) is 1. The normalized spacial score (nSPS) is 18.2. The predicted molar refractivity (Wildman–Crippen MR) is 131 cm³/mol. The predicted octanol–water partition coefficient (Wildman–Crippen LogP) is 4.73. The first-order valence-corrected chi connectivity index (χ1v) is 10.9. The van der Waals surface area contributed by atoms with E-state index in [1.807, 2.05) is 6.07 Å². The van der Waals surface area contributed by atoms with Crippen molar-refractivity contribution < 1.29 is 4.74 Å². The van der Waals surface area contributed by atoms with Crippen molar-refractivity contribution in [3.8, 4) is 0 Å². The zero-order valence-electron chi connectivity index (χ0n) is 17.8. The first-order valence-electron chi connectivity index (χ1n) is 10.1. The molecule has 9 heteroatoms. The van der Waals surface area contributed by atoms with Crippen molar-refractivity contribution in [2.45, 2.75) is 32.2 Å². The molecule has 0 amide bonds. The van der Waals surface area contributed by atoms with E-state index in [9.17, 15) is 0 Å². The summed E-state index contributed by atoms with van der Waals surface area (Å²) in [6.07, 6.45) is 3.13. The van der Waals surface area contributed by atoms with Gasteiger partial charge in [0.25, 0.3) is 0 Å². The summed E-state index contributed by atoms with van der Waals surface area (Å²) < 4.78 is 5.33. The molecule has 1 fully saturated rings. The van der Waals surface area contributed by atoms with Gasteiger partial charge in [-0.3, -0.25) is 4.90 Å². The number of para-hydroxylation sites is 2. The molecule has 1 saturated heterocycles. The van der Waals surface area contributed by atoms with Crippen LogP contribution < -0.4 is 5.32 Å². The van der Waals surface area contributed by atoms with Gasteiger partial charge in [-0.05, 0) is 38.4 Å². The SMILES string of the molecule is CCCc1nc2c(s1)Nc1ccccc1N=C2N1CCN(C)C(CCOC)C1.Cl.Cl. The number of fused-ring (bicyclic) bond motifs is 2. The molecule has 0 saturated carbocycles. The minimum Gasteiger partial charge on any atom is -0.385 e. The highest BCUT2D eigenvalue weighted by Gasteiger charge is 2.31. The summed E-state index contributed by atoms with van der Waals surface area (Å²) in [5, 5.41) is 5.88. The van der Waals surface area contributed by atoms with Crippen LogP contribution in [-0.2, 0) is 11.2 Å². The van der Waals surface area contributed by atoms with Gasteiger partial charge in [-0.1, -0.05) is 19.1 Å². The second-order valence-corrected chi connectivity index (χ2v) is 8.56. The number of anilines is 2. The van der Waals surface area contributed by atoms with Crippen molar-refractivity contribution >= 4 is 58.4 Å². The lowest BCUT2D eigenvalue weighted by Gasteiger charge is -2.40. The van der Waals surface area contributed by atoms with Crippen molar-refractivity contribution in [3.63, 3.8) is 0 Å². The number of rotatable bonds is 5. The van der Waals surface area contributed by atoms with Crippen molar-refractivity contribution in [1.82, 2.24) is 14.8 Å². The molecule has 2 aromatic rings. The molecule has 1 atom stereocenters. The molecule has 0 spiro atoms. The lowest BCUT2D eigenvalue weighted by atomic mass is 10.1. The Morgan fingerprint density at radius 3 is 2.80 bits per heavy atom. The molecule has 2 aliphatic heterocycles. The van der Waals surface area contributed by atoms with E-state index in [4.69, 9.17) is 14.7 Å². The van der Waals surface area contributed by atoms with Gasteiger partial charge in [-0.15, -0.1) is 36.2 Å². The number of halogens is 2. The van der Waals surface area contributed by atoms with Crippen LogP contribution >= 0.6 is 36.2 Å². The average Bonchev–Trinajstić information content (AvgIpc) is 3.02. The molecule has 1 aromatic carbocycles. The number of hydrogen-bond acceptors (Lipinski definition) is 7. The fraction of sp³-hybridized carbons (Fsp3) is 0.524. The summed E-state index contributed by atoms with van der Waals surface area (Å²) in [6.45, 7) is 5.90. The summed E-state index contributed by atoms with van der Waals surface area (Å²) in [4.78, 5) is 14.9. The molecule has 1 unspecified atom stereocenters. The first-order chi connectivity index (χ1) is 13.7. The Bertz CT molecular complexity index is 860. The van der Waals surface area contributed by atoms with Gasteiger partial charge in [-0.2, -0.15) is 0 Å². The van der Waals surface area contributed by atoms with E-state index in [1.54, 1.807) is 18.4 Å². The largest absolute Gasteiger partial charge is 0.385 e. The van der Waals surface area contributed by atoms with E-state index < -0.39 is 0 Å². The van der Waals surface area contributed by atoms with Gasteiger partial charge >= 0.3 is 0 Å². The monoisotopic (exact) mass is 471 g/mol. The third-order valence-corrected chi connectivity index (χ3v) is 6.49. The lowest BCUT2D eigenvalue weighted by Crippen LogP contribution is -2.53. The Balaban J connectivity index is 0.00000160. The second-order valence-electron chi connectivity index (χ2n) is 7.47. The van der Waals surface area contributed by atoms with Crippen LogP contribution in [0, 0.1) is 0 Å². The highest BCUT2D eigenvalue weighted by atomic mass is 35.5. The van der Waals surface area contributed by atoms with Crippen LogP contribution in [-0.4, -0.2) is 67.1 Å². The van der Waals surface area contributed by atoms with Gasteiger partial charge in [0.2, 0.25) is 0 Å². The zero-order chi connectivity index (χ0) is 19.5. The third-order valence-electron chi connectivity index (χ3n) is 5.46. The van der Waals surface area contributed by atoms with Crippen molar-refractivity contribution in [2.24, 2.45) is 4.99 Å². The number of hydrogen-bond donors (Lipinski definition) is 1. The number of ether oxygens (including phenoxy) is 1. The van der Waals surface area contributed by atoms with E-state index in [0.717, 1.165) is 73.4 Å². The van der Waals surface area contributed by atoms with Crippen LogP contribution in [0.2, 0.25) is 0 Å². The number of aliphatic imine (C=N–C) groups is 1. The Kier molecular flexibility index (Phi) is 9.37. The number of amidine groups is 1. The van der Waals surface area contributed by atoms with Crippen LogP contribution in [0.25, 0.3) is 0 Å². The number of methoxy groups -OCH3 is 1. The van der Waals surface area contributed by atoms with Crippen molar-refractivity contribution in [2.75, 3.05) is 45.7 Å². The number of aryl methyl sites for hydroxylation is 1. The zero-order valence-corrected chi connectivity index (χ0v) is 20.2. The summed E-state index contributed by atoms with van der Waals surface area (Å²) in [5.74, 6) is 1.00. The highest BCUT2D eigenvalue weighted by Crippen LogP contribution is 2.38. The van der Waals surface area contributed by atoms with E-state index in [-0.39, 0.29) is 24.8 Å². The Morgan fingerprint density at radius 2 is 2.03 bits per heavy atom. The number of benzene rings is 1. The quantitative estimate of drug-likeness (QED) is 0.682. The summed E-state index contributed by atoms with van der Waals surface area (Å²) >= 11 is 1.76. The Labute approximate surface area is 195 Å². The molecule has 2 aliphatic rings. The minimum absolute atomic E-state index is 0. The standard InChI is InChI=1S/C21H29N5OS.2ClH/c1-4-7-18-24-19-20(26-12-11-25(2)15(14-26)10-13-27-3)22-16-8-5-6-9-17(16)23-21(19)28-18;;/h5-6,8-9,15,23H,4,7,10-14H2,1-3H3;2*1H. The molecule has 166 valence electrons. The number of aromatic nitrogens is 1. The Hall–Kier alpha value is -1.38. The lowest BCUT2D eigenvalue weighted by molar-refractivity contribution is 0.100. The second kappa shape index (κ2) is 11.3. The van der Waals surface area contributed by atoms with Crippen LogP contribution in [0.3, 0.4) is 0 Å². The maximum Gasteiger partial charge on any atom is 0.158 e. The van der Waals surface area contributed by atoms with Crippen LogP contribution in [0.5, 0.6) is 0 Å². The number of nitrogens with zero attached hydrogens (tertiary/aromatic N) is 4. The van der Waals surface area contributed by atoms with Gasteiger partial charge in [0.1, 0.15) is 10.7 Å². The summed E-state index contributed by atoms with van der Waals surface area (Å²) in [7, 11) is 3.98. The molecule has 0 aliphatic carbocycles. The molecule has 6 nitrogen and oxygen atoms in total. The first kappa shape index (κ1) is 24.9. The van der Waals surface area contributed by atoms with E-state index in [1.165, 1.54) is 5.01 Å². The number of nitrogens with one attached hydrogen (secondary N) is 1. The molecule has 0 bridgehead atoms. The summed E-state index contributed by atoms with van der Waals surface area (Å²) in [5.41, 5.74) is 3.03. The maximum absolute atomic E-state index is 5.33. The molecule has 3 heterocycles. The summed E-state index contributed by atoms with van der Waals surface area (Å²) in [6, 6.07) is 8.72. The van der Waals surface area contributed by atoms with E-state index in [2.05, 4.69) is 47.3 Å². The molecule has 30 heavy (non-hydrogen) atoms. The van der Waals surface area contributed by atoms with Crippen molar-refractivity contribution in [3.05, 3.63) is 35.0 Å². The molecule has 1 aromatic heterocycles. The molecular formula is C21H31Cl2N5OS. The fourth-order valence-corrected chi connectivity index (χ4v) is 4.89. The number of thiazole rings is 1. The van der Waals surface area contributed by atoms with E-state index in [0.29, 0.717) is 6.04 Å². The minimum atomic E-state index is 0.